The first-order valence-corrected chi connectivity index (χ1v) is 14.5. The summed E-state index contributed by atoms with van der Waals surface area (Å²) >= 11 is 0. The number of aryl methyl sites for hydroxylation is 2. The summed E-state index contributed by atoms with van der Waals surface area (Å²) in [5.74, 6) is -1.62. The predicted molar refractivity (Wildman–Crippen MR) is 149 cm³/mol. The summed E-state index contributed by atoms with van der Waals surface area (Å²) in [5.41, 5.74) is 12.5. The van der Waals surface area contributed by atoms with Crippen LogP contribution in [0.1, 0.15) is 96.1 Å². The molecule has 0 radical (unpaired) electrons. The second kappa shape index (κ2) is 15.2. The van der Waals surface area contributed by atoms with Crippen molar-refractivity contribution >= 4 is 21.7 Å². The molecule has 2 aromatic carbocycles. The zero-order valence-electron chi connectivity index (χ0n) is 21.7. The van der Waals surface area contributed by atoms with Crippen LogP contribution in [0.15, 0.2) is 71.5 Å². The number of unbranched alkanes of at least 4 members (excludes halogenated alkanes) is 8. The second-order valence-corrected chi connectivity index (χ2v) is 11.2. The van der Waals surface area contributed by atoms with E-state index in [0.29, 0.717) is 24.0 Å². The van der Waals surface area contributed by atoms with Crippen LogP contribution >= 0.6 is 0 Å². The van der Waals surface area contributed by atoms with Gasteiger partial charge in [0.15, 0.2) is 0 Å². The van der Waals surface area contributed by atoms with Crippen LogP contribution in [0.3, 0.4) is 0 Å². The molecule has 0 atom stereocenters. The van der Waals surface area contributed by atoms with Gasteiger partial charge in [0.2, 0.25) is 21.7 Å². The van der Waals surface area contributed by atoms with Gasteiger partial charge in [0.05, 0.1) is 20.9 Å². The van der Waals surface area contributed by atoms with Crippen molar-refractivity contribution in [1.29, 1.82) is 0 Å². The lowest BCUT2D eigenvalue weighted by molar-refractivity contribution is 0.0988. The zero-order chi connectivity index (χ0) is 27.3. The molecule has 0 spiro atoms. The molecular formula is C30H40N2O4S. The van der Waals surface area contributed by atoms with Crippen LogP contribution < -0.4 is 11.5 Å². The first kappa shape index (κ1) is 30.0. The van der Waals surface area contributed by atoms with Crippen molar-refractivity contribution in [3.63, 3.8) is 0 Å². The van der Waals surface area contributed by atoms with Crippen molar-refractivity contribution in [2.24, 2.45) is 11.5 Å². The molecule has 0 unspecified atom stereocenters. The molecule has 6 nitrogen and oxygen atoms in total. The van der Waals surface area contributed by atoms with E-state index in [2.05, 4.69) is 13.2 Å². The standard InChI is InChI=1S/C30H40N2O4S/c1-3-5-7-9-11-13-17-23-19-15-21-25(27(23)29(31)33)37(35,36)26-22-16-20-24(28(26)30(32)34)18-14-12-10-8-6-4-2/h3-4,15-16,19-22H,1-2,5-14,17-18H2,(H2,31,33)(H2,32,34). The van der Waals surface area contributed by atoms with E-state index in [1.165, 1.54) is 12.1 Å². The number of carbonyl (C=O) groups is 2. The van der Waals surface area contributed by atoms with Gasteiger partial charge < -0.3 is 11.5 Å². The van der Waals surface area contributed by atoms with Gasteiger partial charge >= 0.3 is 0 Å². The van der Waals surface area contributed by atoms with E-state index in [9.17, 15) is 18.0 Å². The van der Waals surface area contributed by atoms with Crippen LogP contribution in [0.4, 0.5) is 0 Å². The molecule has 4 N–H and O–H groups in total. The molecule has 0 heterocycles. The highest BCUT2D eigenvalue weighted by Gasteiger charge is 2.30. The average Bonchev–Trinajstić information content (AvgIpc) is 2.87. The maximum atomic E-state index is 13.9. The fourth-order valence-corrected chi connectivity index (χ4v) is 6.36. The predicted octanol–water partition coefficient (Wildman–Crippen LogP) is 6.08. The van der Waals surface area contributed by atoms with E-state index in [4.69, 9.17) is 11.5 Å². The van der Waals surface area contributed by atoms with E-state index in [1.54, 1.807) is 24.3 Å². The molecule has 7 heteroatoms. The Morgan fingerprint density at radius 3 is 1.38 bits per heavy atom. The van der Waals surface area contributed by atoms with E-state index < -0.39 is 21.7 Å². The molecular weight excluding hydrogens is 484 g/mol. The number of carbonyl (C=O) groups excluding carboxylic acids is 2. The number of nitrogens with two attached hydrogens (primary N) is 2. The number of sulfone groups is 1. The maximum Gasteiger partial charge on any atom is 0.250 e. The van der Waals surface area contributed by atoms with Crippen molar-refractivity contribution in [2.75, 3.05) is 0 Å². The van der Waals surface area contributed by atoms with Gasteiger partial charge in [0, 0.05) is 0 Å². The lowest BCUT2D eigenvalue weighted by atomic mass is 10.00. The van der Waals surface area contributed by atoms with Crippen molar-refractivity contribution in [2.45, 2.75) is 86.8 Å². The van der Waals surface area contributed by atoms with Gasteiger partial charge in [-0.2, -0.15) is 0 Å². The van der Waals surface area contributed by atoms with Gasteiger partial charge in [0.25, 0.3) is 0 Å². The van der Waals surface area contributed by atoms with E-state index >= 15 is 0 Å². The van der Waals surface area contributed by atoms with Crippen molar-refractivity contribution in [1.82, 2.24) is 0 Å². The fraction of sp³-hybridized carbons (Fsp3) is 0.400. The summed E-state index contributed by atoms with van der Waals surface area (Å²) in [7, 11) is -4.24. The Bertz CT molecular complexity index is 1110. The molecule has 0 bridgehead atoms. The van der Waals surface area contributed by atoms with E-state index in [0.717, 1.165) is 64.2 Å². The second-order valence-electron chi connectivity index (χ2n) is 9.30. The molecule has 2 aromatic rings. The molecule has 2 amide bonds. The number of hydrogen-bond donors (Lipinski definition) is 2. The monoisotopic (exact) mass is 524 g/mol. The minimum Gasteiger partial charge on any atom is -0.366 e. The van der Waals surface area contributed by atoms with E-state index in [1.807, 2.05) is 12.2 Å². The lowest BCUT2D eigenvalue weighted by Crippen LogP contribution is -2.22. The van der Waals surface area contributed by atoms with Gasteiger partial charge in [0.1, 0.15) is 0 Å². The highest BCUT2D eigenvalue weighted by Crippen LogP contribution is 2.31. The quantitative estimate of drug-likeness (QED) is 0.181. The minimum absolute atomic E-state index is 0.0170. The van der Waals surface area contributed by atoms with Crippen LogP contribution in [0.2, 0.25) is 0 Å². The lowest BCUT2D eigenvalue weighted by Gasteiger charge is -2.16. The molecule has 0 aromatic heterocycles. The SMILES string of the molecule is C=CCCCCCCc1cccc(S(=O)(=O)c2cccc(CCCCCCC=C)c2C(N)=O)c1C(N)=O. The number of amides is 2. The largest absolute Gasteiger partial charge is 0.366 e. The third-order valence-corrected chi connectivity index (χ3v) is 8.34. The first-order valence-electron chi connectivity index (χ1n) is 13.1. The number of benzene rings is 2. The van der Waals surface area contributed by atoms with Gasteiger partial charge in [-0.15, -0.1) is 13.2 Å². The Hall–Kier alpha value is -3.19. The summed E-state index contributed by atoms with van der Waals surface area (Å²) < 4.78 is 27.7. The average molecular weight is 525 g/mol. The summed E-state index contributed by atoms with van der Waals surface area (Å²) in [6.07, 6.45) is 14.4. The molecule has 0 saturated heterocycles. The summed E-state index contributed by atoms with van der Waals surface area (Å²) in [5, 5.41) is 0. The Balaban J connectivity index is 2.38. The van der Waals surface area contributed by atoms with Gasteiger partial charge in [-0.25, -0.2) is 8.42 Å². The molecule has 0 aliphatic rings. The van der Waals surface area contributed by atoms with E-state index in [-0.39, 0.29) is 20.9 Å². The third kappa shape index (κ3) is 8.42. The summed E-state index contributed by atoms with van der Waals surface area (Å²) in [6.45, 7) is 7.45. The number of allylic oxidation sites excluding steroid dienone is 2. The Morgan fingerprint density at radius 2 is 1.03 bits per heavy atom. The molecule has 0 saturated carbocycles. The highest BCUT2D eigenvalue weighted by atomic mass is 32.2. The molecule has 0 fully saturated rings. The van der Waals surface area contributed by atoms with Crippen LogP contribution in [0, 0.1) is 0 Å². The van der Waals surface area contributed by atoms with Crippen LogP contribution in [-0.2, 0) is 22.7 Å². The zero-order valence-corrected chi connectivity index (χ0v) is 22.5. The Kier molecular flexibility index (Phi) is 12.3. The molecule has 2 rings (SSSR count). The normalized spacial score (nSPS) is 11.2. The maximum absolute atomic E-state index is 13.9. The topological polar surface area (TPSA) is 120 Å². The van der Waals surface area contributed by atoms with Gasteiger partial charge in [-0.05, 0) is 74.6 Å². The Morgan fingerprint density at radius 1 is 0.649 bits per heavy atom. The number of primary amides is 2. The summed E-state index contributed by atoms with van der Waals surface area (Å²) in [4.78, 5) is 24.6. The van der Waals surface area contributed by atoms with Crippen LogP contribution in [0.25, 0.3) is 0 Å². The van der Waals surface area contributed by atoms with Crippen molar-refractivity contribution in [3.05, 3.63) is 84.0 Å². The highest BCUT2D eigenvalue weighted by molar-refractivity contribution is 7.91. The molecule has 37 heavy (non-hydrogen) atoms. The van der Waals surface area contributed by atoms with Gasteiger partial charge in [-0.3, -0.25) is 9.59 Å². The van der Waals surface area contributed by atoms with Crippen molar-refractivity contribution in [3.8, 4) is 0 Å². The summed E-state index contributed by atoms with van der Waals surface area (Å²) in [6, 6.07) is 9.45. The number of hydrogen-bond acceptors (Lipinski definition) is 4. The van der Waals surface area contributed by atoms with Crippen molar-refractivity contribution < 1.29 is 18.0 Å². The first-order chi connectivity index (χ1) is 17.8. The smallest absolute Gasteiger partial charge is 0.250 e. The van der Waals surface area contributed by atoms with Crippen LogP contribution in [-0.4, -0.2) is 20.2 Å². The Labute approximate surface area is 221 Å². The minimum atomic E-state index is -4.24. The van der Waals surface area contributed by atoms with Gasteiger partial charge in [-0.1, -0.05) is 62.1 Å². The molecule has 0 aliphatic heterocycles. The van der Waals surface area contributed by atoms with Crippen LogP contribution in [0.5, 0.6) is 0 Å². The molecule has 0 aliphatic carbocycles. The number of rotatable bonds is 18. The molecule has 200 valence electrons. The fourth-order valence-electron chi connectivity index (χ4n) is 4.61. The third-order valence-electron chi connectivity index (χ3n) is 6.51.